The summed E-state index contributed by atoms with van der Waals surface area (Å²) in [5, 5.41) is 0. The lowest BCUT2D eigenvalue weighted by Gasteiger charge is -2.29. The molecule has 1 atom stereocenters. The molecule has 0 radical (unpaired) electrons. The summed E-state index contributed by atoms with van der Waals surface area (Å²) in [7, 11) is 3.19. The Morgan fingerprint density at radius 2 is 2.00 bits per heavy atom. The van der Waals surface area contributed by atoms with Crippen LogP contribution in [0.2, 0.25) is 0 Å². The fraction of sp³-hybridized carbons (Fsp3) is 0.429. The molecule has 96 valence electrons. The van der Waals surface area contributed by atoms with Crippen molar-refractivity contribution in [2.75, 3.05) is 20.7 Å². The molecule has 2 rings (SSSR count). The van der Waals surface area contributed by atoms with E-state index in [1.54, 1.807) is 17.0 Å². The van der Waals surface area contributed by atoms with Crippen LogP contribution in [0.1, 0.15) is 34.7 Å². The van der Waals surface area contributed by atoms with E-state index in [0.29, 0.717) is 5.56 Å². The lowest BCUT2D eigenvalue weighted by molar-refractivity contribution is -0.133. The third-order valence-electron chi connectivity index (χ3n) is 3.39. The SMILES string of the molecule is COC(=O)c1ccc([C@H]2CCCN(C)C2=O)cc1. The Hall–Kier alpha value is -1.84. The summed E-state index contributed by atoms with van der Waals surface area (Å²) in [6.07, 6.45) is 1.90. The second kappa shape index (κ2) is 5.21. The second-order valence-electron chi connectivity index (χ2n) is 4.57. The number of likely N-dealkylation sites (N-methyl/N-ethyl adjacent to an activating group) is 1. The lowest BCUT2D eigenvalue weighted by Crippen LogP contribution is -2.36. The number of carbonyl (C=O) groups is 2. The molecule has 0 unspecified atom stereocenters. The average Bonchev–Trinajstić information content (AvgIpc) is 2.41. The van der Waals surface area contributed by atoms with Gasteiger partial charge in [-0.25, -0.2) is 4.79 Å². The van der Waals surface area contributed by atoms with E-state index in [9.17, 15) is 9.59 Å². The number of piperidine rings is 1. The number of benzene rings is 1. The number of esters is 1. The number of hydrogen-bond acceptors (Lipinski definition) is 3. The summed E-state index contributed by atoms with van der Waals surface area (Å²) < 4.78 is 4.65. The monoisotopic (exact) mass is 247 g/mol. The van der Waals surface area contributed by atoms with Crippen LogP contribution in [0.4, 0.5) is 0 Å². The minimum atomic E-state index is -0.353. The molecule has 1 fully saturated rings. The van der Waals surface area contributed by atoms with Crippen LogP contribution in [0.3, 0.4) is 0 Å². The molecule has 1 amide bonds. The van der Waals surface area contributed by atoms with Crippen LogP contribution in [-0.4, -0.2) is 37.5 Å². The van der Waals surface area contributed by atoms with E-state index in [0.717, 1.165) is 24.9 Å². The first kappa shape index (κ1) is 12.6. The highest BCUT2D eigenvalue weighted by molar-refractivity contribution is 5.90. The maximum atomic E-state index is 12.0. The van der Waals surface area contributed by atoms with Gasteiger partial charge in [0.05, 0.1) is 18.6 Å². The predicted molar refractivity (Wildman–Crippen MR) is 67.4 cm³/mol. The molecule has 1 aromatic rings. The molecular weight excluding hydrogens is 230 g/mol. The first-order chi connectivity index (χ1) is 8.63. The number of amides is 1. The van der Waals surface area contributed by atoms with Crippen molar-refractivity contribution in [1.82, 2.24) is 4.90 Å². The number of hydrogen-bond donors (Lipinski definition) is 0. The Morgan fingerprint density at radius 1 is 1.33 bits per heavy atom. The minimum absolute atomic E-state index is 0.0737. The topological polar surface area (TPSA) is 46.6 Å². The van der Waals surface area contributed by atoms with Gasteiger partial charge in [-0.1, -0.05) is 12.1 Å². The summed E-state index contributed by atoms with van der Waals surface area (Å²) in [5.41, 5.74) is 1.48. The zero-order chi connectivity index (χ0) is 13.1. The first-order valence-electron chi connectivity index (χ1n) is 6.06. The molecule has 0 spiro atoms. The number of likely N-dealkylation sites (tertiary alicyclic amines) is 1. The van der Waals surface area contributed by atoms with Gasteiger partial charge < -0.3 is 9.64 Å². The molecule has 0 N–H and O–H groups in total. The van der Waals surface area contributed by atoms with Gasteiger partial charge in [-0.3, -0.25) is 4.79 Å². The van der Waals surface area contributed by atoms with Gasteiger partial charge in [0, 0.05) is 13.6 Å². The molecule has 4 nitrogen and oxygen atoms in total. The van der Waals surface area contributed by atoms with Crippen molar-refractivity contribution in [3.8, 4) is 0 Å². The quantitative estimate of drug-likeness (QED) is 0.749. The Bertz CT molecular complexity index is 453. The summed E-state index contributed by atoms with van der Waals surface area (Å²) in [6.45, 7) is 0.829. The number of carbonyl (C=O) groups excluding carboxylic acids is 2. The number of rotatable bonds is 2. The summed E-state index contributed by atoms with van der Waals surface area (Å²) in [4.78, 5) is 25.1. The van der Waals surface area contributed by atoms with Crippen LogP contribution in [0, 0.1) is 0 Å². The van der Waals surface area contributed by atoms with Gasteiger partial charge in [-0.15, -0.1) is 0 Å². The van der Waals surface area contributed by atoms with Crippen molar-refractivity contribution in [1.29, 1.82) is 0 Å². The highest BCUT2D eigenvalue weighted by atomic mass is 16.5. The van der Waals surface area contributed by atoms with E-state index in [1.807, 2.05) is 19.2 Å². The number of methoxy groups -OCH3 is 1. The van der Waals surface area contributed by atoms with Gasteiger partial charge in [0.1, 0.15) is 0 Å². The van der Waals surface area contributed by atoms with Gasteiger partial charge in [0.15, 0.2) is 0 Å². The van der Waals surface area contributed by atoms with Crippen LogP contribution in [0.5, 0.6) is 0 Å². The lowest BCUT2D eigenvalue weighted by atomic mass is 9.89. The van der Waals surface area contributed by atoms with Gasteiger partial charge in [-0.05, 0) is 30.5 Å². The third kappa shape index (κ3) is 2.37. The number of nitrogens with zero attached hydrogens (tertiary/aromatic N) is 1. The van der Waals surface area contributed by atoms with Crippen molar-refractivity contribution in [2.24, 2.45) is 0 Å². The smallest absolute Gasteiger partial charge is 0.337 e. The van der Waals surface area contributed by atoms with Gasteiger partial charge in [-0.2, -0.15) is 0 Å². The molecule has 4 heteroatoms. The Balaban J connectivity index is 2.19. The van der Waals surface area contributed by atoms with Gasteiger partial charge >= 0.3 is 5.97 Å². The Labute approximate surface area is 107 Å². The summed E-state index contributed by atoms with van der Waals surface area (Å²) >= 11 is 0. The normalized spacial score (nSPS) is 19.8. The molecule has 1 saturated heterocycles. The molecule has 0 aliphatic carbocycles. The number of ether oxygens (including phenoxy) is 1. The molecule has 1 aliphatic heterocycles. The fourth-order valence-electron chi connectivity index (χ4n) is 2.31. The van der Waals surface area contributed by atoms with E-state index in [-0.39, 0.29) is 17.8 Å². The average molecular weight is 247 g/mol. The van der Waals surface area contributed by atoms with E-state index in [4.69, 9.17) is 0 Å². The predicted octanol–water partition coefficient (Wildman–Crippen LogP) is 1.81. The van der Waals surface area contributed by atoms with E-state index >= 15 is 0 Å². The third-order valence-corrected chi connectivity index (χ3v) is 3.39. The second-order valence-corrected chi connectivity index (χ2v) is 4.57. The summed E-state index contributed by atoms with van der Waals surface area (Å²) in [5.74, 6) is -0.267. The van der Waals surface area contributed by atoms with E-state index in [2.05, 4.69) is 4.74 Å². The van der Waals surface area contributed by atoms with Crippen molar-refractivity contribution in [3.63, 3.8) is 0 Å². The van der Waals surface area contributed by atoms with Crippen LogP contribution < -0.4 is 0 Å². The first-order valence-corrected chi connectivity index (χ1v) is 6.06. The molecule has 1 aliphatic rings. The van der Waals surface area contributed by atoms with Crippen molar-refractivity contribution < 1.29 is 14.3 Å². The van der Waals surface area contributed by atoms with Crippen LogP contribution in [0.15, 0.2) is 24.3 Å². The Kier molecular flexibility index (Phi) is 3.65. The van der Waals surface area contributed by atoms with Gasteiger partial charge in [0.25, 0.3) is 0 Å². The van der Waals surface area contributed by atoms with Crippen molar-refractivity contribution in [3.05, 3.63) is 35.4 Å². The largest absolute Gasteiger partial charge is 0.465 e. The van der Waals surface area contributed by atoms with Crippen LogP contribution >= 0.6 is 0 Å². The molecule has 1 heterocycles. The molecule has 0 saturated carbocycles. The molecule has 0 aromatic heterocycles. The molecular formula is C14H17NO3. The fourth-order valence-corrected chi connectivity index (χ4v) is 2.31. The molecule has 0 bridgehead atoms. The maximum absolute atomic E-state index is 12.0. The van der Waals surface area contributed by atoms with Crippen molar-refractivity contribution in [2.45, 2.75) is 18.8 Å². The highest BCUT2D eigenvalue weighted by Crippen LogP contribution is 2.27. The van der Waals surface area contributed by atoms with Crippen LogP contribution in [-0.2, 0) is 9.53 Å². The zero-order valence-electron chi connectivity index (χ0n) is 10.7. The highest BCUT2D eigenvalue weighted by Gasteiger charge is 2.27. The molecule has 1 aromatic carbocycles. The Morgan fingerprint density at radius 3 is 2.61 bits per heavy atom. The standard InChI is InChI=1S/C14H17NO3/c1-15-9-3-4-12(13(15)16)10-5-7-11(8-6-10)14(17)18-2/h5-8,12H,3-4,9H2,1-2H3/t12-/m1/s1. The summed E-state index contributed by atoms with van der Waals surface area (Å²) in [6, 6.07) is 7.11. The van der Waals surface area contributed by atoms with E-state index in [1.165, 1.54) is 7.11 Å². The minimum Gasteiger partial charge on any atom is -0.465 e. The van der Waals surface area contributed by atoms with Gasteiger partial charge in [0.2, 0.25) is 5.91 Å². The zero-order valence-corrected chi connectivity index (χ0v) is 10.7. The van der Waals surface area contributed by atoms with E-state index < -0.39 is 0 Å². The van der Waals surface area contributed by atoms with Crippen molar-refractivity contribution >= 4 is 11.9 Å². The molecule has 18 heavy (non-hydrogen) atoms. The van der Waals surface area contributed by atoms with Crippen LogP contribution in [0.25, 0.3) is 0 Å². The maximum Gasteiger partial charge on any atom is 0.337 e.